The highest BCUT2D eigenvalue weighted by Crippen LogP contribution is 2.11. The Labute approximate surface area is 137 Å². The van der Waals surface area contributed by atoms with E-state index in [1.165, 1.54) is 6.07 Å². The molecule has 0 aliphatic rings. The van der Waals surface area contributed by atoms with E-state index in [-0.39, 0.29) is 5.82 Å². The van der Waals surface area contributed by atoms with Crippen LogP contribution in [0.3, 0.4) is 0 Å². The molecule has 3 nitrogen and oxygen atoms in total. The van der Waals surface area contributed by atoms with Crippen molar-refractivity contribution in [3.8, 4) is 0 Å². The van der Waals surface area contributed by atoms with Crippen LogP contribution in [0.4, 0.5) is 10.1 Å². The molecular formula is C19H23FN2O. The molecule has 0 heterocycles. The maximum absolute atomic E-state index is 14.0. The standard InChI is InChI=1S/C19H23FN2O/c1-2-3-7-12-23-15-17-11-10-16(13-19(17)20)14-21-22-18-8-5-4-6-9-18/h4-6,8-11,13-14,22H,2-3,7,12,15H2,1H3. The van der Waals surface area contributed by atoms with E-state index in [1.807, 2.05) is 36.4 Å². The first-order chi connectivity index (χ1) is 11.3. The number of nitrogens with zero attached hydrogens (tertiary/aromatic N) is 1. The average Bonchev–Trinajstić information content (AvgIpc) is 2.57. The minimum Gasteiger partial charge on any atom is -0.377 e. The van der Waals surface area contributed by atoms with E-state index in [0.717, 1.165) is 24.9 Å². The van der Waals surface area contributed by atoms with Gasteiger partial charge in [-0.25, -0.2) is 4.39 Å². The van der Waals surface area contributed by atoms with Crippen molar-refractivity contribution in [2.75, 3.05) is 12.0 Å². The normalized spacial score (nSPS) is 11.0. The molecule has 0 unspecified atom stereocenters. The molecule has 2 rings (SSSR count). The van der Waals surface area contributed by atoms with Crippen molar-refractivity contribution in [1.29, 1.82) is 0 Å². The van der Waals surface area contributed by atoms with Gasteiger partial charge in [0.25, 0.3) is 0 Å². The Morgan fingerprint density at radius 1 is 1.13 bits per heavy atom. The second kappa shape index (κ2) is 9.74. The van der Waals surface area contributed by atoms with Crippen molar-refractivity contribution in [2.24, 2.45) is 5.10 Å². The Kier molecular flexibility index (Phi) is 7.27. The highest BCUT2D eigenvalue weighted by molar-refractivity contribution is 5.80. The number of nitrogens with one attached hydrogen (secondary N) is 1. The number of ether oxygens (including phenoxy) is 1. The predicted molar refractivity (Wildman–Crippen MR) is 93.2 cm³/mol. The fraction of sp³-hybridized carbons (Fsp3) is 0.316. The molecule has 2 aromatic carbocycles. The maximum atomic E-state index is 14.0. The third-order valence-corrected chi connectivity index (χ3v) is 3.41. The van der Waals surface area contributed by atoms with E-state index in [4.69, 9.17) is 4.74 Å². The van der Waals surface area contributed by atoms with Crippen molar-refractivity contribution < 1.29 is 9.13 Å². The monoisotopic (exact) mass is 314 g/mol. The molecule has 122 valence electrons. The summed E-state index contributed by atoms with van der Waals surface area (Å²) in [6.45, 7) is 3.14. The molecule has 2 aromatic rings. The van der Waals surface area contributed by atoms with Gasteiger partial charge in [0.1, 0.15) is 5.82 Å². The number of hydrogen-bond acceptors (Lipinski definition) is 3. The molecule has 0 aliphatic heterocycles. The summed E-state index contributed by atoms with van der Waals surface area (Å²) in [5.41, 5.74) is 5.08. The lowest BCUT2D eigenvalue weighted by molar-refractivity contribution is 0.115. The molecule has 0 amide bonds. The highest BCUT2D eigenvalue weighted by Gasteiger charge is 2.03. The number of hydrazone groups is 1. The summed E-state index contributed by atoms with van der Waals surface area (Å²) in [4.78, 5) is 0. The van der Waals surface area contributed by atoms with Gasteiger partial charge >= 0.3 is 0 Å². The van der Waals surface area contributed by atoms with Gasteiger partial charge in [-0.1, -0.05) is 50.1 Å². The number of anilines is 1. The molecule has 0 atom stereocenters. The molecule has 0 spiro atoms. The van der Waals surface area contributed by atoms with Gasteiger partial charge in [-0.2, -0.15) is 5.10 Å². The van der Waals surface area contributed by atoms with E-state index >= 15 is 0 Å². The minimum atomic E-state index is -0.260. The van der Waals surface area contributed by atoms with Crippen LogP contribution in [0.15, 0.2) is 53.6 Å². The van der Waals surface area contributed by atoms with Crippen LogP contribution < -0.4 is 5.43 Å². The van der Waals surface area contributed by atoms with Crippen LogP contribution in [0.2, 0.25) is 0 Å². The molecule has 0 radical (unpaired) electrons. The van der Waals surface area contributed by atoms with Gasteiger partial charge in [-0.3, -0.25) is 5.43 Å². The summed E-state index contributed by atoms with van der Waals surface area (Å²) in [7, 11) is 0. The van der Waals surface area contributed by atoms with Crippen molar-refractivity contribution in [2.45, 2.75) is 32.8 Å². The first kappa shape index (κ1) is 17.2. The van der Waals surface area contributed by atoms with Crippen LogP contribution in [0.1, 0.15) is 37.3 Å². The molecule has 0 saturated heterocycles. The fourth-order valence-electron chi connectivity index (χ4n) is 2.09. The number of rotatable bonds is 9. The van der Waals surface area contributed by atoms with E-state index in [1.54, 1.807) is 12.3 Å². The predicted octanol–water partition coefficient (Wildman–Crippen LogP) is 4.98. The first-order valence-electron chi connectivity index (χ1n) is 8.00. The summed E-state index contributed by atoms with van der Waals surface area (Å²) >= 11 is 0. The zero-order chi connectivity index (χ0) is 16.3. The van der Waals surface area contributed by atoms with Gasteiger partial charge in [0.05, 0.1) is 18.5 Å². The lowest BCUT2D eigenvalue weighted by Crippen LogP contribution is -1.99. The molecule has 0 aliphatic carbocycles. The van der Waals surface area contributed by atoms with Crippen molar-refractivity contribution in [3.63, 3.8) is 0 Å². The lowest BCUT2D eigenvalue weighted by atomic mass is 10.1. The van der Waals surface area contributed by atoms with E-state index in [2.05, 4.69) is 17.5 Å². The summed E-state index contributed by atoms with van der Waals surface area (Å²) in [5.74, 6) is -0.260. The Morgan fingerprint density at radius 2 is 1.96 bits per heavy atom. The van der Waals surface area contributed by atoms with Crippen molar-refractivity contribution in [3.05, 3.63) is 65.5 Å². The summed E-state index contributed by atoms with van der Waals surface area (Å²) in [5, 5.41) is 4.11. The first-order valence-corrected chi connectivity index (χ1v) is 8.00. The largest absolute Gasteiger partial charge is 0.377 e. The van der Waals surface area contributed by atoms with Crippen LogP contribution >= 0.6 is 0 Å². The third-order valence-electron chi connectivity index (χ3n) is 3.41. The van der Waals surface area contributed by atoms with Crippen LogP contribution in [-0.4, -0.2) is 12.8 Å². The molecule has 0 aromatic heterocycles. The van der Waals surface area contributed by atoms with Crippen LogP contribution in [-0.2, 0) is 11.3 Å². The van der Waals surface area contributed by atoms with Gasteiger partial charge in [-0.15, -0.1) is 0 Å². The highest BCUT2D eigenvalue weighted by atomic mass is 19.1. The van der Waals surface area contributed by atoms with E-state index < -0.39 is 0 Å². The van der Waals surface area contributed by atoms with Crippen LogP contribution in [0.5, 0.6) is 0 Å². The number of halogens is 1. The molecule has 0 bridgehead atoms. The smallest absolute Gasteiger partial charge is 0.129 e. The molecule has 4 heteroatoms. The van der Waals surface area contributed by atoms with Gasteiger partial charge in [0, 0.05) is 12.2 Å². The zero-order valence-electron chi connectivity index (χ0n) is 13.5. The number of para-hydroxylation sites is 1. The van der Waals surface area contributed by atoms with Gasteiger partial charge in [0.15, 0.2) is 0 Å². The Hall–Kier alpha value is -2.20. The van der Waals surface area contributed by atoms with Gasteiger partial charge in [-0.05, 0) is 30.2 Å². The summed E-state index contributed by atoms with van der Waals surface area (Å²) in [6.07, 6.45) is 4.92. The van der Waals surface area contributed by atoms with Gasteiger partial charge in [0.2, 0.25) is 0 Å². The van der Waals surface area contributed by atoms with Gasteiger partial charge < -0.3 is 4.74 Å². The average molecular weight is 314 g/mol. The Balaban J connectivity index is 1.83. The van der Waals surface area contributed by atoms with Crippen molar-refractivity contribution >= 4 is 11.9 Å². The van der Waals surface area contributed by atoms with Crippen molar-refractivity contribution in [1.82, 2.24) is 0 Å². The molecular weight excluding hydrogens is 291 g/mol. The minimum absolute atomic E-state index is 0.260. The summed E-state index contributed by atoms with van der Waals surface area (Å²) in [6, 6.07) is 14.7. The maximum Gasteiger partial charge on any atom is 0.129 e. The van der Waals surface area contributed by atoms with Crippen LogP contribution in [0.25, 0.3) is 0 Å². The quantitative estimate of drug-likeness (QED) is 0.402. The molecule has 23 heavy (non-hydrogen) atoms. The third kappa shape index (κ3) is 6.20. The lowest BCUT2D eigenvalue weighted by Gasteiger charge is -2.06. The van der Waals surface area contributed by atoms with Crippen LogP contribution in [0, 0.1) is 5.82 Å². The number of hydrogen-bond donors (Lipinski definition) is 1. The number of benzene rings is 2. The number of unbranched alkanes of at least 4 members (excludes halogenated alkanes) is 2. The summed E-state index contributed by atoms with van der Waals surface area (Å²) < 4.78 is 19.5. The molecule has 0 saturated carbocycles. The Bertz CT molecular complexity index is 614. The molecule has 1 N–H and O–H groups in total. The second-order valence-electron chi connectivity index (χ2n) is 5.35. The Morgan fingerprint density at radius 3 is 2.70 bits per heavy atom. The zero-order valence-corrected chi connectivity index (χ0v) is 13.5. The fourth-order valence-corrected chi connectivity index (χ4v) is 2.09. The van der Waals surface area contributed by atoms with E-state index in [9.17, 15) is 4.39 Å². The SMILES string of the molecule is CCCCCOCc1ccc(C=NNc2ccccc2)cc1F. The van der Waals surface area contributed by atoms with E-state index in [0.29, 0.717) is 24.3 Å². The molecule has 0 fully saturated rings. The second-order valence-corrected chi connectivity index (χ2v) is 5.35. The topological polar surface area (TPSA) is 33.6 Å².